The lowest BCUT2D eigenvalue weighted by molar-refractivity contribution is -0.140. The van der Waals surface area contributed by atoms with Crippen molar-refractivity contribution in [3.63, 3.8) is 0 Å². The number of carbonyl (C=O) groups is 1. The second kappa shape index (κ2) is 4.40. The first-order valence-corrected chi connectivity index (χ1v) is 4.85. The number of rotatable bonds is 1. The third-order valence-corrected chi connectivity index (χ3v) is 2.35. The second-order valence-corrected chi connectivity index (χ2v) is 3.82. The molecule has 0 unspecified atom stereocenters. The Labute approximate surface area is 96.8 Å². The molecule has 0 aliphatic heterocycles. The van der Waals surface area contributed by atoms with Crippen LogP contribution in [0.2, 0.25) is 0 Å². The Balaban J connectivity index is 3.33. The first-order chi connectivity index (χ1) is 7.23. The van der Waals surface area contributed by atoms with Crippen molar-refractivity contribution < 1.29 is 22.4 Å². The zero-order valence-electron chi connectivity index (χ0n) is 7.95. The van der Waals surface area contributed by atoms with E-state index in [2.05, 4.69) is 15.9 Å². The molecule has 16 heavy (non-hydrogen) atoms. The summed E-state index contributed by atoms with van der Waals surface area (Å²) in [5, 5.41) is 1.98. The van der Waals surface area contributed by atoms with Crippen molar-refractivity contribution in [2.45, 2.75) is 13.1 Å². The molecule has 0 saturated heterocycles. The normalized spacial score (nSPS) is 11.4. The van der Waals surface area contributed by atoms with Gasteiger partial charge in [0.2, 0.25) is 5.91 Å². The summed E-state index contributed by atoms with van der Waals surface area (Å²) in [4.78, 5) is 10.6. The molecule has 0 saturated carbocycles. The van der Waals surface area contributed by atoms with Gasteiger partial charge in [-0.25, -0.2) is 4.39 Å². The molecular weight excluding hydrogens is 294 g/mol. The van der Waals surface area contributed by atoms with Gasteiger partial charge in [-0.05, 0) is 12.1 Å². The first kappa shape index (κ1) is 13.0. The fourth-order valence-corrected chi connectivity index (χ4v) is 1.63. The number of nitrogens with one attached hydrogen (secondary N) is 1. The molecule has 0 bridgehead atoms. The van der Waals surface area contributed by atoms with E-state index in [0.29, 0.717) is 0 Å². The molecule has 1 rings (SSSR count). The topological polar surface area (TPSA) is 29.1 Å². The Morgan fingerprint density at radius 1 is 1.38 bits per heavy atom. The second-order valence-electron chi connectivity index (χ2n) is 2.96. The van der Waals surface area contributed by atoms with Gasteiger partial charge in [-0.1, -0.05) is 15.9 Å². The highest BCUT2D eigenvalue weighted by atomic mass is 79.9. The van der Waals surface area contributed by atoms with Crippen LogP contribution in [0.4, 0.5) is 23.2 Å². The van der Waals surface area contributed by atoms with E-state index in [0.717, 1.165) is 19.1 Å². The molecule has 0 aromatic heterocycles. The van der Waals surface area contributed by atoms with Gasteiger partial charge in [-0.2, -0.15) is 13.2 Å². The van der Waals surface area contributed by atoms with Crippen molar-refractivity contribution >= 4 is 27.5 Å². The molecule has 88 valence electrons. The summed E-state index contributed by atoms with van der Waals surface area (Å²) in [6.07, 6.45) is -4.82. The first-order valence-electron chi connectivity index (χ1n) is 4.06. The van der Waals surface area contributed by atoms with Crippen LogP contribution >= 0.6 is 15.9 Å². The Bertz CT molecular complexity index is 430. The van der Waals surface area contributed by atoms with Crippen molar-refractivity contribution in [3.8, 4) is 0 Å². The molecule has 1 aromatic carbocycles. The largest absolute Gasteiger partial charge is 0.420 e. The molecule has 1 aromatic rings. The van der Waals surface area contributed by atoms with Gasteiger partial charge in [0.15, 0.2) is 5.82 Å². The molecule has 2 nitrogen and oxygen atoms in total. The minimum absolute atomic E-state index is 0.411. The number of hydrogen-bond donors (Lipinski definition) is 1. The summed E-state index contributed by atoms with van der Waals surface area (Å²) in [6, 6.07) is 2.08. The Hall–Kier alpha value is -1.11. The molecule has 0 fully saturated rings. The summed E-state index contributed by atoms with van der Waals surface area (Å²) >= 11 is 2.61. The average molecular weight is 300 g/mol. The van der Waals surface area contributed by atoms with Crippen LogP contribution in [0.25, 0.3) is 0 Å². The van der Waals surface area contributed by atoms with Crippen molar-refractivity contribution in [2.24, 2.45) is 0 Å². The predicted molar refractivity (Wildman–Crippen MR) is 53.4 cm³/mol. The molecule has 0 radical (unpaired) electrons. The van der Waals surface area contributed by atoms with E-state index in [1.54, 1.807) is 0 Å². The lowest BCUT2D eigenvalue weighted by Gasteiger charge is -2.13. The van der Waals surface area contributed by atoms with Crippen molar-refractivity contribution in [2.75, 3.05) is 5.32 Å². The van der Waals surface area contributed by atoms with Gasteiger partial charge in [0.05, 0.1) is 5.69 Å². The fourth-order valence-electron chi connectivity index (χ4n) is 1.10. The number of hydrogen-bond acceptors (Lipinski definition) is 1. The van der Waals surface area contributed by atoms with Crippen molar-refractivity contribution in [3.05, 3.63) is 28.0 Å². The molecule has 1 amide bonds. The Morgan fingerprint density at radius 2 is 1.94 bits per heavy atom. The van der Waals surface area contributed by atoms with Crippen LogP contribution in [0.3, 0.4) is 0 Å². The molecule has 0 aliphatic rings. The fraction of sp³-hybridized carbons (Fsp3) is 0.222. The van der Waals surface area contributed by atoms with E-state index in [4.69, 9.17) is 0 Å². The maximum atomic E-state index is 13.4. The average Bonchev–Trinajstić information content (AvgIpc) is 2.07. The van der Waals surface area contributed by atoms with Crippen LogP contribution in [0.1, 0.15) is 12.5 Å². The smallest absolute Gasteiger partial charge is 0.324 e. The summed E-state index contributed by atoms with van der Waals surface area (Å²) in [7, 11) is 0. The van der Waals surface area contributed by atoms with E-state index in [-0.39, 0.29) is 0 Å². The number of amides is 1. The maximum Gasteiger partial charge on any atom is 0.420 e. The lowest BCUT2D eigenvalue weighted by Crippen LogP contribution is -2.14. The quantitative estimate of drug-likeness (QED) is 0.789. The Morgan fingerprint density at radius 3 is 2.38 bits per heavy atom. The molecule has 1 N–H and O–H groups in total. The number of carbonyl (C=O) groups excluding carboxylic acids is 1. The van der Waals surface area contributed by atoms with Gasteiger partial charge in [0.1, 0.15) is 5.56 Å². The SMILES string of the molecule is CC(=O)Nc1ccc(Br)c(C(F)(F)F)c1F. The third kappa shape index (κ3) is 2.72. The number of alkyl halides is 3. The lowest BCUT2D eigenvalue weighted by atomic mass is 10.1. The molecular formula is C9H6BrF4NO. The van der Waals surface area contributed by atoms with E-state index in [1.165, 1.54) is 0 Å². The maximum absolute atomic E-state index is 13.4. The highest BCUT2D eigenvalue weighted by Gasteiger charge is 2.37. The predicted octanol–water partition coefficient (Wildman–Crippen LogP) is 3.57. The van der Waals surface area contributed by atoms with Gasteiger partial charge in [-0.3, -0.25) is 4.79 Å². The summed E-state index contributed by atoms with van der Waals surface area (Å²) in [5.74, 6) is -2.15. The van der Waals surface area contributed by atoms with Gasteiger partial charge in [0, 0.05) is 11.4 Å². The number of benzene rings is 1. The highest BCUT2D eigenvalue weighted by Crippen LogP contribution is 2.39. The number of anilines is 1. The minimum Gasteiger partial charge on any atom is -0.324 e. The summed E-state index contributed by atoms with van der Waals surface area (Å²) in [5.41, 5.74) is -1.93. The third-order valence-electron chi connectivity index (χ3n) is 1.69. The van der Waals surface area contributed by atoms with Gasteiger partial charge >= 0.3 is 6.18 Å². The molecule has 0 heterocycles. The van der Waals surface area contributed by atoms with Gasteiger partial charge < -0.3 is 5.32 Å². The monoisotopic (exact) mass is 299 g/mol. The van der Waals surface area contributed by atoms with E-state index in [9.17, 15) is 22.4 Å². The van der Waals surface area contributed by atoms with Gasteiger partial charge in [-0.15, -0.1) is 0 Å². The van der Waals surface area contributed by atoms with E-state index < -0.39 is 33.6 Å². The van der Waals surface area contributed by atoms with E-state index >= 15 is 0 Å². The minimum atomic E-state index is -4.82. The zero-order chi connectivity index (χ0) is 12.5. The summed E-state index contributed by atoms with van der Waals surface area (Å²) in [6.45, 7) is 1.08. The van der Waals surface area contributed by atoms with Crippen LogP contribution < -0.4 is 5.32 Å². The van der Waals surface area contributed by atoms with Crippen LogP contribution in [0, 0.1) is 5.82 Å². The summed E-state index contributed by atoms with van der Waals surface area (Å²) < 4.78 is 50.3. The van der Waals surface area contributed by atoms with Crippen molar-refractivity contribution in [1.82, 2.24) is 0 Å². The molecule has 7 heteroatoms. The molecule has 0 atom stereocenters. The Kier molecular flexibility index (Phi) is 3.57. The molecule has 0 spiro atoms. The van der Waals surface area contributed by atoms with Crippen LogP contribution in [0.15, 0.2) is 16.6 Å². The standard InChI is InChI=1S/C9H6BrF4NO/c1-4(16)15-6-3-2-5(10)7(8(6)11)9(12,13)14/h2-3H,1H3,(H,15,16). The van der Waals surface area contributed by atoms with Crippen LogP contribution in [-0.2, 0) is 11.0 Å². The van der Waals surface area contributed by atoms with Gasteiger partial charge in [0.25, 0.3) is 0 Å². The van der Waals surface area contributed by atoms with E-state index in [1.807, 2.05) is 5.32 Å². The zero-order valence-corrected chi connectivity index (χ0v) is 9.54. The molecule has 0 aliphatic carbocycles. The van der Waals surface area contributed by atoms with Crippen LogP contribution in [-0.4, -0.2) is 5.91 Å². The number of halogens is 5. The highest BCUT2D eigenvalue weighted by molar-refractivity contribution is 9.10. The van der Waals surface area contributed by atoms with Crippen LogP contribution in [0.5, 0.6) is 0 Å². The van der Waals surface area contributed by atoms with Crippen molar-refractivity contribution in [1.29, 1.82) is 0 Å².